The molecule has 2 bridgehead atoms. The lowest BCUT2D eigenvalue weighted by Gasteiger charge is -2.70. The predicted molar refractivity (Wildman–Crippen MR) is 86.6 cm³/mol. The lowest BCUT2D eigenvalue weighted by molar-refractivity contribution is -0.0908. The van der Waals surface area contributed by atoms with Gasteiger partial charge in [-0.05, 0) is 58.6 Å². The minimum atomic E-state index is -0.449. The SMILES string of the molecule is C/C=C/c1ccc(C23CC(NC(=O)OC(C)(C)C)(C2)C3)nc1. The number of allylic oxidation sites excluding steroid dienone is 1. The second-order valence-electron chi connectivity index (χ2n) is 7.69. The molecule has 0 atom stereocenters. The Morgan fingerprint density at radius 2 is 2.00 bits per heavy atom. The van der Waals surface area contributed by atoms with E-state index in [1.54, 1.807) is 0 Å². The molecule has 3 saturated carbocycles. The van der Waals surface area contributed by atoms with Crippen molar-refractivity contribution in [2.45, 2.75) is 63.5 Å². The van der Waals surface area contributed by atoms with Crippen LogP contribution in [-0.2, 0) is 10.2 Å². The summed E-state index contributed by atoms with van der Waals surface area (Å²) in [6, 6.07) is 4.22. The number of rotatable bonds is 3. The number of hydrogen-bond donors (Lipinski definition) is 1. The van der Waals surface area contributed by atoms with Crippen molar-refractivity contribution < 1.29 is 9.53 Å². The molecule has 0 saturated heterocycles. The molecule has 4 nitrogen and oxygen atoms in total. The van der Waals surface area contributed by atoms with Crippen LogP contribution in [0.15, 0.2) is 24.4 Å². The molecule has 0 radical (unpaired) electrons. The van der Waals surface area contributed by atoms with Gasteiger partial charge in [-0.25, -0.2) is 4.79 Å². The summed E-state index contributed by atoms with van der Waals surface area (Å²) in [5.41, 5.74) is 1.93. The zero-order valence-electron chi connectivity index (χ0n) is 13.8. The minimum absolute atomic E-state index is 0.0635. The van der Waals surface area contributed by atoms with Gasteiger partial charge in [-0.15, -0.1) is 0 Å². The van der Waals surface area contributed by atoms with Gasteiger partial charge in [0.05, 0.1) is 0 Å². The van der Waals surface area contributed by atoms with Crippen molar-refractivity contribution in [2.24, 2.45) is 0 Å². The van der Waals surface area contributed by atoms with E-state index in [2.05, 4.69) is 22.4 Å². The van der Waals surface area contributed by atoms with Crippen LogP contribution in [0.5, 0.6) is 0 Å². The summed E-state index contributed by atoms with van der Waals surface area (Å²) in [7, 11) is 0. The highest BCUT2D eigenvalue weighted by Crippen LogP contribution is 2.67. The third-order valence-electron chi connectivity index (χ3n) is 4.49. The average molecular weight is 300 g/mol. The molecule has 1 N–H and O–H groups in total. The standard InChI is InChI=1S/C18H24N2O2/c1-5-6-13-7-8-14(19-9-13)17-10-18(11-17,12-17)20-15(21)22-16(2,3)4/h5-9H,10-12H2,1-4H3,(H,20,21)/b6-5+. The van der Waals surface area contributed by atoms with E-state index in [1.165, 1.54) is 0 Å². The van der Waals surface area contributed by atoms with E-state index in [-0.39, 0.29) is 17.0 Å². The first-order valence-electron chi connectivity index (χ1n) is 7.86. The zero-order chi connectivity index (χ0) is 16.0. The normalized spacial score (nSPS) is 29.6. The number of nitrogens with one attached hydrogen (secondary N) is 1. The number of aromatic nitrogens is 1. The van der Waals surface area contributed by atoms with Crippen molar-refractivity contribution in [2.75, 3.05) is 0 Å². The molecule has 1 aromatic rings. The molecule has 4 heteroatoms. The highest BCUT2D eigenvalue weighted by atomic mass is 16.6. The molecule has 1 heterocycles. The Morgan fingerprint density at radius 1 is 1.32 bits per heavy atom. The van der Waals surface area contributed by atoms with E-state index < -0.39 is 5.60 Å². The number of carbonyl (C=O) groups is 1. The van der Waals surface area contributed by atoms with Gasteiger partial charge in [0.2, 0.25) is 0 Å². The van der Waals surface area contributed by atoms with Crippen molar-refractivity contribution in [3.8, 4) is 0 Å². The van der Waals surface area contributed by atoms with Gasteiger partial charge in [0, 0.05) is 22.8 Å². The van der Waals surface area contributed by atoms with Crippen LogP contribution in [0.4, 0.5) is 4.79 Å². The van der Waals surface area contributed by atoms with Crippen molar-refractivity contribution in [1.82, 2.24) is 10.3 Å². The molecular weight excluding hydrogens is 276 g/mol. The summed E-state index contributed by atoms with van der Waals surface area (Å²) in [6.45, 7) is 7.64. The third kappa shape index (κ3) is 2.62. The topological polar surface area (TPSA) is 51.2 Å². The summed E-state index contributed by atoms with van der Waals surface area (Å²) in [5, 5.41) is 3.04. The van der Waals surface area contributed by atoms with Crippen molar-refractivity contribution in [3.63, 3.8) is 0 Å². The van der Waals surface area contributed by atoms with E-state index in [1.807, 2.05) is 46.0 Å². The quantitative estimate of drug-likeness (QED) is 0.923. The van der Waals surface area contributed by atoms with E-state index in [0.29, 0.717) is 0 Å². The Hall–Kier alpha value is -1.84. The molecule has 0 spiro atoms. The van der Waals surface area contributed by atoms with Crippen LogP contribution < -0.4 is 5.32 Å². The van der Waals surface area contributed by atoms with Crippen molar-refractivity contribution in [1.29, 1.82) is 0 Å². The van der Waals surface area contributed by atoms with Gasteiger partial charge in [-0.2, -0.15) is 0 Å². The molecule has 4 rings (SSSR count). The van der Waals surface area contributed by atoms with Gasteiger partial charge in [-0.1, -0.05) is 18.2 Å². The Kier molecular flexibility index (Phi) is 3.31. The molecule has 3 fully saturated rings. The molecule has 22 heavy (non-hydrogen) atoms. The van der Waals surface area contributed by atoms with Crippen molar-refractivity contribution >= 4 is 12.2 Å². The first kappa shape index (κ1) is 15.1. The first-order chi connectivity index (χ1) is 10.3. The number of pyridine rings is 1. The third-order valence-corrected chi connectivity index (χ3v) is 4.49. The van der Waals surface area contributed by atoms with Crippen LogP contribution in [0, 0.1) is 0 Å². The van der Waals surface area contributed by atoms with Gasteiger partial charge < -0.3 is 10.1 Å². The minimum Gasteiger partial charge on any atom is -0.444 e. The van der Waals surface area contributed by atoms with Gasteiger partial charge in [-0.3, -0.25) is 4.98 Å². The average Bonchev–Trinajstić information content (AvgIpc) is 2.31. The number of amides is 1. The predicted octanol–water partition coefficient (Wildman–Crippen LogP) is 3.81. The summed E-state index contributed by atoms with van der Waals surface area (Å²) < 4.78 is 5.34. The summed E-state index contributed by atoms with van der Waals surface area (Å²) in [4.78, 5) is 16.5. The fourth-order valence-electron chi connectivity index (χ4n) is 3.72. The second-order valence-corrected chi connectivity index (χ2v) is 7.69. The summed E-state index contributed by atoms with van der Waals surface area (Å²) in [6.07, 6.45) is 8.57. The summed E-state index contributed by atoms with van der Waals surface area (Å²) in [5.74, 6) is 0. The summed E-state index contributed by atoms with van der Waals surface area (Å²) >= 11 is 0. The smallest absolute Gasteiger partial charge is 0.408 e. The van der Waals surface area contributed by atoms with Crippen LogP contribution in [0.3, 0.4) is 0 Å². The number of carbonyl (C=O) groups excluding carboxylic acids is 1. The molecule has 0 aliphatic heterocycles. The maximum atomic E-state index is 11.9. The fraction of sp³-hybridized carbons (Fsp3) is 0.556. The van der Waals surface area contributed by atoms with Gasteiger partial charge in [0.15, 0.2) is 0 Å². The van der Waals surface area contributed by atoms with Gasteiger partial charge in [0.1, 0.15) is 5.60 Å². The Morgan fingerprint density at radius 3 is 2.50 bits per heavy atom. The van der Waals surface area contributed by atoms with E-state index in [9.17, 15) is 4.79 Å². The Labute approximate surface area is 132 Å². The zero-order valence-corrected chi connectivity index (χ0v) is 13.8. The number of alkyl carbamates (subject to hydrolysis) is 1. The van der Waals surface area contributed by atoms with Gasteiger partial charge in [0.25, 0.3) is 0 Å². The second kappa shape index (κ2) is 4.83. The van der Waals surface area contributed by atoms with E-state index in [4.69, 9.17) is 4.74 Å². The largest absolute Gasteiger partial charge is 0.444 e. The highest BCUT2D eigenvalue weighted by molar-refractivity contribution is 5.70. The van der Waals surface area contributed by atoms with Crippen LogP contribution in [-0.4, -0.2) is 22.2 Å². The van der Waals surface area contributed by atoms with E-state index >= 15 is 0 Å². The molecule has 3 aliphatic rings. The maximum Gasteiger partial charge on any atom is 0.408 e. The molecule has 118 valence electrons. The fourth-order valence-corrected chi connectivity index (χ4v) is 3.72. The van der Waals surface area contributed by atoms with E-state index in [0.717, 1.165) is 30.5 Å². The van der Waals surface area contributed by atoms with Gasteiger partial charge >= 0.3 is 6.09 Å². The first-order valence-corrected chi connectivity index (χ1v) is 7.86. The Balaban J connectivity index is 1.58. The van der Waals surface area contributed by atoms with Crippen LogP contribution in [0.1, 0.15) is 58.2 Å². The molecule has 1 aromatic heterocycles. The molecule has 1 amide bonds. The number of hydrogen-bond acceptors (Lipinski definition) is 3. The molecular formula is C18H24N2O2. The lowest BCUT2D eigenvalue weighted by atomic mass is 9.38. The monoisotopic (exact) mass is 300 g/mol. The van der Waals surface area contributed by atoms with Crippen LogP contribution in [0.2, 0.25) is 0 Å². The molecule has 3 aliphatic carbocycles. The van der Waals surface area contributed by atoms with Crippen LogP contribution >= 0.6 is 0 Å². The Bertz CT molecular complexity index is 591. The number of ether oxygens (including phenoxy) is 1. The number of nitrogens with zero attached hydrogens (tertiary/aromatic N) is 1. The lowest BCUT2D eigenvalue weighted by Crippen LogP contribution is -2.77. The van der Waals surface area contributed by atoms with Crippen molar-refractivity contribution in [3.05, 3.63) is 35.7 Å². The molecule has 0 aromatic carbocycles. The van der Waals surface area contributed by atoms with Crippen LogP contribution in [0.25, 0.3) is 6.08 Å². The maximum absolute atomic E-state index is 11.9. The molecule has 0 unspecified atom stereocenters. The highest BCUT2D eigenvalue weighted by Gasteiger charge is 2.70.